The molecule has 19 heavy (non-hydrogen) atoms. The highest BCUT2D eigenvalue weighted by Crippen LogP contribution is 2.19. The lowest BCUT2D eigenvalue weighted by Crippen LogP contribution is -2.03. The standard InChI is InChI=1S/C15H15ClFNO/c1-19-10-12-4-2-3-5-15(12)18-9-11-6-7-13(16)14(17)8-11/h2-8,18H,9-10H2,1H3. The van der Waals surface area contributed by atoms with Crippen LogP contribution in [0.2, 0.25) is 5.02 Å². The maximum Gasteiger partial charge on any atom is 0.142 e. The van der Waals surface area contributed by atoms with Crippen molar-refractivity contribution in [1.82, 2.24) is 0 Å². The Kier molecular flexibility index (Phi) is 4.77. The smallest absolute Gasteiger partial charge is 0.142 e. The van der Waals surface area contributed by atoms with Crippen LogP contribution >= 0.6 is 11.6 Å². The molecule has 0 aliphatic rings. The molecule has 0 saturated carbocycles. The lowest BCUT2D eigenvalue weighted by molar-refractivity contribution is 0.185. The summed E-state index contributed by atoms with van der Waals surface area (Å²) in [5.74, 6) is -0.397. The van der Waals surface area contributed by atoms with Gasteiger partial charge in [-0.25, -0.2) is 4.39 Å². The van der Waals surface area contributed by atoms with Crippen LogP contribution in [0.3, 0.4) is 0 Å². The van der Waals surface area contributed by atoms with E-state index in [9.17, 15) is 4.39 Å². The van der Waals surface area contributed by atoms with E-state index in [1.54, 1.807) is 19.2 Å². The van der Waals surface area contributed by atoms with E-state index in [4.69, 9.17) is 16.3 Å². The minimum absolute atomic E-state index is 0.142. The van der Waals surface area contributed by atoms with E-state index in [-0.39, 0.29) is 5.02 Å². The highest BCUT2D eigenvalue weighted by atomic mass is 35.5. The Balaban J connectivity index is 2.07. The summed E-state index contributed by atoms with van der Waals surface area (Å²) in [7, 11) is 1.66. The second kappa shape index (κ2) is 6.55. The number of para-hydroxylation sites is 1. The van der Waals surface area contributed by atoms with Gasteiger partial charge >= 0.3 is 0 Å². The monoisotopic (exact) mass is 279 g/mol. The summed E-state index contributed by atoms with van der Waals surface area (Å²) in [6.45, 7) is 1.08. The van der Waals surface area contributed by atoms with Crippen molar-refractivity contribution in [2.24, 2.45) is 0 Å². The SMILES string of the molecule is COCc1ccccc1NCc1ccc(Cl)c(F)c1. The predicted octanol–water partition coefficient (Wildman–Crippen LogP) is 4.24. The lowest BCUT2D eigenvalue weighted by Gasteiger charge is -2.11. The molecular formula is C15H15ClFNO. The van der Waals surface area contributed by atoms with Crippen molar-refractivity contribution in [3.05, 3.63) is 64.4 Å². The van der Waals surface area contributed by atoms with Crippen LogP contribution in [0.15, 0.2) is 42.5 Å². The Bertz CT molecular complexity index is 560. The van der Waals surface area contributed by atoms with Crippen molar-refractivity contribution >= 4 is 17.3 Å². The molecule has 0 bridgehead atoms. The normalized spacial score (nSPS) is 10.5. The molecule has 0 atom stereocenters. The van der Waals surface area contributed by atoms with Gasteiger partial charge in [0.05, 0.1) is 11.6 Å². The molecule has 1 N–H and O–H groups in total. The zero-order valence-corrected chi connectivity index (χ0v) is 11.4. The second-order valence-corrected chi connectivity index (χ2v) is 4.60. The topological polar surface area (TPSA) is 21.3 Å². The fraction of sp³-hybridized carbons (Fsp3) is 0.200. The van der Waals surface area contributed by atoms with E-state index in [2.05, 4.69) is 5.32 Å². The molecule has 2 aromatic carbocycles. The quantitative estimate of drug-likeness (QED) is 0.884. The Hall–Kier alpha value is -1.58. The van der Waals surface area contributed by atoms with Gasteiger partial charge in [0.15, 0.2) is 0 Å². The molecule has 4 heteroatoms. The van der Waals surface area contributed by atoms with Gasteiger partial charge in [0.1, 0.15) is 5.82 Å². The predicted molar refractivity (Wildman–Crippen MR) is 75.9 cm³/mol. The average Bonchev–Trinajstić information content (AvgIpc) is 2.42. The summed E-state index contributed by atoms with van der Waals surface area (Å²) in [6, 6.07) is 12.7. The van der Waals surface area contributed by atoms with E-state index in [0.29, 0.717) is 13.2 Å². The molecule has 0 aliphatic carbocycles. The summed E-state index contributed by atoms with van der Waals surface area (Å²) in [5, 5.41) is 3.41. The van der Waals surface area contributed by atoms with Crippen molar-refractivity contribution < 1.29 is 9.13 Å². The van der Waals surface area contributed by atoms with Crippen molar-refractivity contribution in [1.29, 1.82) is 0 Å². The van der Waals surface area contributed by atoms with Gasteiger partial charge in [0.2, 0.25) is 0 Å². The van der Waals surface area contributed by atoms with Gasteiger partial charge in [-0.15, -0.1) is 0 Å². The molecule has 0 fully saturated rings. The van der Waals surface area contributed by atoms with Crippen LogP contribution < -0.4 is 5.32 Å². The molecule has 0 saturated heterocycles. The van der Waals surface area contributed by atoms with Crippen LogP contribution in [-0.4, -0.2) is 7.11 Å². The highest BCUT2D eigenvalue weighted by molar-refractivity contribution is 6.30. The third kappa shape index (κ3) is 3.69. The first-order chi connectivity index (χ1) is 9.20. The van der Waals surface area contributed by atoms with Gasteiger partial charge in [0, 0.05) is 24.9 Å². The first-order valence-corrected chi connectivity index (χ1v) is 6.33. The minimum atomic E-state index is -0.397. The van der Waals surface area contributed by atoms with E-state index >= 15 is 0 Å². The number of hydrogen-bond donors (Lipinski definition) is 1. The van der Waals surface area contributed by atoms with E-state index in [1.165, 1.54) is 6.07 Å². The van der Waals surface area contributed by atoms with Crippen LogP contribution in [0.25, 0.3) is 0 Å². The number of benzene rings is 2. The van der Waals surface area contributed by atoms with E-state index < -0.39 is 5.82 Å². The van der Waals surface area contributed by atoms with Gasteiger partial charge in [0.25, 0.3) is 0 Å². The maximum atomic E-state index is 13.3. The number of anilines is 1. The summed E-state index contributed by atoms with van der Waals surface area (Å²) in [5.41, 5.74) is 2.90. The lowest BCUT2D eigenvalue weighted by atomic mass is 10.1. The molecule has 0 spiro atoms. The van der Waals surface area contributed by atoms with Gasteiger partial charge in [-0.1, -0.05) is 35.9 Å². The average molecular weight is 280 g/mol. The van der Waals surface area contributed by atoms with Crippen molar-refractivity contribution in [2.75, 3.05) is 12.4 Å². The third-order valence-electron chi connectivity index (χ3n) is 2.78. The zero-order chi connectivity index (χ0) is 13.7. The number of halogens is 2. The summed E-state index contributed by atoms with van der Waals surface area (Å²) < 4.78 is 18.5. The Labute approximate surface area is 117 Å². The Morgan fingerprint density at radius 2 is 2.00 bits per heavy atom. The molecule has 0 aromatic heterocycles. The first-order valence-electron chi connectivity index (χ1n) is 5.95. The van der Waals surface area contributed by atoms with Crippen LogP contribution in [0.1, 0.15) is 11.1 Å². The van der Waals surface area contributed by atoms with E-state index in [1.807, 2.05) is 24.3 Å². The molecule has 0 amide bonds. The van der Waals surface area contributed by atoms with Gasteiger partial charge in [-0.3, -0.25) is 0 Å². The summed E-state index contributed by atoms with van der Waals surface area (Å²) >= 11 is 5.65. The number of nitrogens with one attached hydrogen (secondary N) is 1. The summed E-state index contributed by atoms with van der Waals surface area (Å²) in [4.78, 5) is 0. The molecular weight excluding hydrogens is 265 g/mol. The molecule has 2 rings (SSSR count). The van der Waals surface area contributed by atoms with Crippen LogP contribution in [-0.2, 0) is 17.9 Å². The molecule has 0 radical (unpaired) electrons. The maximum absolute atomic E-state index is 13.3. The Morgan fingerprint density at radius 1 is 1.21 bits per heavy atom. The molecule has 0 heterocycles. The number of hydrogen-bond acceptors (Lipinski definition) is 2. The van der Waals surface area contributed by atoms with E-state index in [0.717, 1.165) is 16.8 Å². The highest BCUT2D eigenvalue weighted by Gasteiger charge is 2.03. The summed E-state index contributed by atoms with van der Waals surface area (Å²) in [6.07, 6.45) is 0. The molecule has 0 aliphatic heterocycles. The third-order valence-corrected chi connectivity index (χ3v) is 3.09. The molecule has 2 aromatic rings. The van der Waals surface area contributed by atoms with Crippen LogP contribution in [0.5, 0.6) is 0 Å². The van der Waals surface area contributed by atoms with Gasteiger partial charge in [-0.05, 0) is 23.8 Å². The number of methoxy groups -OCH3 is 1. The fourth-order valence-electron chi connectivity index (χ4n) is 1.82. The van der Waals surface area contributed by atoms with Crippen molar-refractivity contribution in [3.63, 3.8) is 0 Å². The fourth-order valence-corrected chi connectivity index (χ4v) is 1.94. The van der Waals surface area contributed by atoms with Gasteiger partial charge in [-0.2, -0.15) is 0 Å². The number of ether oxygens (including phenoxy) is 1. The zero-order valence-electron chi connectivity index (χ0n) is 10.6. The van der Waals surface area contributed by atoms with Crippen LogP contribution in [0.4, 0.5) is 10.1 Å². The van der Waals surface area contributed by atoms with Gasteiger partial charge < -0.3 is 10.1 Å². The molecule has 100 valence electrons. The molecule has 2 nitrogen and oxygen atoms in total. The Morgan fingerprint density at radius 3 is 2.74 bits per heavy atom. The number of rotatable bonds is 5. The second-order valence-electron chi connectivity index (χ2n) is 4.19. The first kappa shape index (κ1) is 13.8. The van der Waals surface area contributed by atoms with Crippen molar-refractivity contribution in [3.8, 4) is 0 Å². The van der Waals surface area contributed by atoms with Crippen molar-refractivity contribution in [2.45, 2.75) is 13.2 Å². The minimum Gasteiger partial charge on any atom is -0.381 e. The van der Waals surface area contributed by atoms with Crippen LogP contribution in [0, 0.1) is 5.82 Å². The largest absolute Gasteiger partial charge is 0.381 e. The molecule has 0 unspecified atom stereocenters.